The minimum atomic E-state index is 0.184. The van der Waals surface area contributed by atoms with Crippen LogP contribution < -0.4 is 5.32 Å². The molecule has 1 aliphatic heterocycles. The van der Waals surface area contributed by atoms with Crippen LogP contribution in [-0.4, -0.2) is 49.8 Å². The summed E-state index contributed by atoms with van der Waals surface area (Å²) in [6.45, 7) is 9.70. The largest absolute Gasteiger partial charge is 0.311 e. The molecular formula is C13H26N6. The molecule has 1 N–H and O–H groups in total. The van der Waals surface area contributed by atoms with E-state index in [4.69, 9.17) is 0 Å². The molecule has 0 spiro atoms. The maximum Gasteiger partial charge on any atom is 0.188 e. The number of piperazine rings is 1. The van der Waals surface area contributed by atoms with Crippen LogP contribution in [0, 0.1) is 0 Å². The summed E-state index contributed by atoms with van der Waals surface area (Å²) in [4.78, 5) is 4.05. The van der Waals surface area contributed by atoms with Gasteiger partial charge in [0.15, 0.2) is 5.82 Å². The lowest BCUT2D eigenvalue weighted by molar-refractivity contribution is 0.0374. The third-order valence-corrected chi connectivity index (χ3v) is 4.26. The van der Waals surface area contributed by atoms with Gasteiger partial charge in [-0.15, -0.1) is 10.2 Å². The van der Waals surface area contributed by atoms with Crippen LogP contribution in [0.5, 0.6) is 0 Å². The topological polar surface area (TPSA) is 58.9 Å². The smallest absolute Gasteiger partial charge is 0.188 e. The molecular weight excluding hydrogens is 240 g/mol. The molecule has 19 heavy (non-hydrogen) atoms. The number of hydrogen-bond acceptors (Lipinski definition) is 5. The van der Waals surface area contributed by atoms with E-state index < -0.39 is 0 Å². The summed E-state index contributed by atoms with van der Waals surface area (Å²) >= 11 is 0. The van der Waals surface area contributed by atoms with Crippen LogP contribution in [0.25, 0.3) is 0 Å². The summed E-state index contributed by atoms with van der Waals surface area (Å²) in [7, 11) is 1.81. The molecule has 0 amide bonds. The van der Waals surface area contributed by atoms with Gasteiger partial charge in [0.05, 0.1) is 13.6 Å². The van der Waals surface area contributed by atoms with Crippen LogP contribution >= 0.6 is 0 Å². The molecule has 0 saturated carbocycles. The SMILES string of the molecule is CCCC1CN(Cc2nnn(C)n2)C(C)(CC)CN1. The molecule has 2 unspecified atom stereocenters. The van der Waals surface area contributed by atoms with Crippen molar-refractivity contribution < 1.29 is 0 Å². The van der Waals surface area contributed by atoms with Gasteiger partial charge in [-0.05, 0) is 25.0 Å². The van der Waals surface area contributed by atoms with Crippen molar-refractivity contribution in [1.82, 2.24) is 30.4 Å². The first kappa shape index (κ1) is 14.4. The third-order valence-electron chi connectivity index (χ3n) is 4.26. The molecule has 6 nitrogen and oxygen atoms in total. The van der Waals surface area contributed by atoms with Gasteiger partial charge < -0.3 is 5.32 Å². The summed E-state index contributed by atoms with van der Waals surface area (Å²) in [6, 6.07) is 0.585. The number of aromatic nitrogens is 4. The van der Waals surface area contributed by atoms with E-state index in [1.54, 1.807) is 0 Å². The van der Waals surface area contributed by atoms with Crippen molar-refractivity contribution >= 4 is 0 Å². The number of nitrogens with zero attached hydrogens (tertiary/aromatic N) is 5. The van der Waals surface area contributed by atoms with E-state index in [0.29, 0.717) is 6.04 Å². The van der Waals surface area contributed by atoms with E-state index >= 15 is 0 Å². The Bertz CT molecular complexity index is 404. The van der Waals surface area contributed by atoms with Gasteiger partial charge in [-0.1, -0.05) is 20.3 Å². The van der Waals surface area contributed by atoms with Gasteiger partial charge in [0.2, 0.25) is 0 Å². The lowest BCUT2D eigenvalue weighted by Crippen LogP contribution is -2.62. The van der Waals surface area contributed by atoms with E-state index in [1.165, 1.54) is 17.6 Å². The fraction of sp³-hybridized carbons (Fsp3) is 0.923. The van der Waals surface area contributed by atoms with E-state index in [9.17, 15) is 0 Å². The highest BCUT2D eigenvalue weighted by Gasteiger charge is 2.36. The number of nitrogens with one attached hydrogen (secondary N) is 1. The first-order chi connectivity index (χ1) is 9.07. The fourth-order valence-corrected chi connectivity index (χ4v) is 2.73. The molecule has 108 valence electrons. The van der Waals surface area contributed by atoms with E-state index in [-0.39, 0.29) is 5.54 Å². The predicted molar refractivity (Wildman–Crippen MR) is 74.6 cm³/mol. The Morgan fingerprint density at radius 1 is 1.42 bits per heavy atom. The second-order valence-corrected chi connectivity index (χ2v) is 5.79. The zero-order chi connectivity index (χ0) is 13.9. The van der Waals surface area contributed by atoms with Crippen molar-refractivity contribution in [2.45, 2.75) is 58.2 Å². The van der Waals surface area contributed by atoms with Gasteiger partial charge in [-0.25, -0.2) is 0 Å². The molecule has 0 radical (unpaired) electrons. The Balaban J connectivity index is 2.07. The standard InChI is InChI=1S/C13H26N6/c1-5-7-11-8-19(13(3,6-2)10-14-11)9-12-15-17-18(4)16-12/h11,14H,5-10H2,1-4H3. The Hall–Kier alpha value is -1.01. The van der Waals surface area contributed by atoms with Crippen molar-refractivity contribution in [2.24, 2.45) is 7.05 Å². The first-order valence-corrected chi connectivity index (χ1v) is 7.28. The van der Waals surface area contributed by atoms with E-state index in [1.807, 2.05) is 7.05 Å². The summed E-state index contributed by atoms with van der Waals surface area (Å²) in [5.41, 5.74) is 0.184. The van der Waals surface area contributed by atoms with Crippen molar-refractivity contribution in [3.05, 3.63) is 5.82 Å². The monoisotopic (exact) mass is 266 g/mol. The van der Waals surface area contributed by atoms with Crippen LogP contribution in [0.1, 0.15) is 45.9 Å². The normalized spacial score (nSPS) is 28.7. The molecule has 1 aromatic rings. The van der Waals surface area contributed by atoms with Crippen LogP contribution in [0.15, 0.2) is 0 Å². The van der Waals surface area contributed by atoms with Crippen molar-refractivity contribution in [1.29, 1.82) is 0 Å². The number of aryl methyl sites for hydroxylation is 1. The Morgan fingerprint density at radius 3 is 2.79 bits per heavy atom. The average Bonchev–Trinajstić information content (AvgIpc) is 2.80. The van der Waals surface area contributed by atoms with Gasteiger partial charge in [-0.3, -0.25) is 4.90 Å². The van der Waals surface area contributed by atoms with Crippen LogP contribution in [0.4, 0.5) is 0 Å². The van der Waals surface area contributed by atoms with Gasteiger partial charge in [0.25, 0.3) is 0 Å². The highest BCUT2D eigenvalue weighted by Crippen LogP contribution is 2.25. The molecule has 2 atom stereocenters. The molecule has 0 aliphatic carbocycles. The molecule has 6 heteroatoms. The molecule has 0 bridgehead atoms. The zero-order valence-corrected chi connectivity index (χ0v) is 12.6. The zero-order valence-electron chi connectivity index (χ0n) is 12.6. The molecule has 1 saturated heterocycles. The van der Waals surface area contributed by atoms with Gasteiger partial charge in [0.1, 0.15) is 0 Å². The quantitative estimate of drug-likeness (QED) is 0.860. The highest BCUT2D eigenvalue weighted by atomic mass is 15.6. The van der Waals surface area contributed by atoms with E-state index in [2.05, 4.69) is 46.4 Å². The van der Waals surface area contributed by atoms with Crippen LogP contribution in [0.2, 0.25) is 0 Å². The molecule has 1 aliphatic rings. The predicted octanol–water partition coefficient (Wildman–Crippen LogP) is 0.953. The Morgan fingerprint density at radius 2 is 2.21 bits per heavy atom. The maximum absolute atomic E-state index is 4.31. The summed E-state index contributed by atoms with van der Waals surface area (Å²) in [5.74, 6) is 0.819. The molecule has 2 heterocycles. The minimum Gasteiger partial charge on any atom is -0.311 e. The first-order valence-electron chi connectivity index (χ1n) is 7.28. The lowest BCUT2D eigenvalue weighted by Gasteiger charge is -2.47. The summed E-state index contributed by atoms with van der Waals surface area (Å²) in [6.07, 6.45) is 3.57. The molecule has 2 rings (SSSR count). The van der Waals surface area contributed by atoms with Crippen molar-refractivity contribution in [3.63, 3.8) is 0 Å². The Labute approximate surface area is 115 Å². The number of hydrogen-bond donors (Lipinski definition) is 1. The molecule has 1 fully saturated rings. The van der Waals surface area contributed by atoms with Gasteiger partial charge in [-0.2, -0.15) is 4.80 Å². The summed E-state index contributed by atoms with van der Waals surface area (Å²) in [5, 5.41) is 16.0. The average molecular weight is 266 g/mol. The molecule has 0 aromatic carbocycles. The summed E-state index contributed by atoms with van der Waals surface area (Å²) < 4.78 is 0. The van der Waals surface area contributed by atoms with Crippen molar-refractivity contribution in [2.75, 3.05) is 13.1 Å². The lowest BCUT2D eigenvalue weighted by atomic mass is 9.91. The number of tetrazole rings is 1. The van der Waals surface area contributed by atoms with Gasteiger partial charge >= 0.3 is 0 Å². The maximum atomic E-state index is 4.31. The van der Waals surface area contributed by atoms with Crippen LogP contribution in [0.3, 0.4) is 0 Å². The second kappa shape index (κ2) is 5.96. The Kier molecular flexibility index (Phi) is 4.52. The van der Waals surface area contributed by atoms with E-state index in [0.717, 1.165) is 31.9 Å². The third kappa shape index (κ3) is 3.30. The number of rotatable bonds is 5. The highest BCUT2D eigenvalue weighted by molar-refractivity contribution is 4.96. The van der Waals surface area contributed by atoms with Crippen LogP contribution in [-0.2, 0) is 13.6 Å². The second-order valence-electron chi connectivity index (χ2n) is 5.79. The van der Waals surface area contributed by atoms with Crippen molar-refractivity contribution in [3.8, 4) is 0 Å². The molecule has 1 aromatic heterocycles. The fourth-order valence-electron chi connectivity index (χ4n) is 2.73. The minimum absolute atomic E-state index is 0.184. The van der Waals surface area contributed by atoms with Gasteiger partial charge in [0, 0.05) is 24.7 Å².